The van der Waals surface area contributed by atoms with E-state index in [0.29, 0.717) is 48.1 Å². The van der Waals surface area contributed by atoms with E-state index in [-0.39, 0.29) is 24.3 Å². The number of amides is 3. The van der Waals surface area contributed by atoms with Crippen LogP contribution in [-0.4, -0.2) is 72.8 Å². The zero-order chi connectivity index (χ0) is 23.4. The third kappa shape index (κ3) is 5.60. The van der Waals surface area contributed by atoms with Gasteiger partial charge in [-0.2, -0.15) is 0 Å². The van der Waals surface area contributed by atoms with Crippen LogP contribution in [-0.2, 0) is 9.59 Å². The Labute approximate surface area is 203 Å². The Morgan fingerprint density at radius 2 is 1.58 bits per heavy atom. The maximum Gasteiger partial charge on any atom is 0.254 e. The fourth-order valence-corrected chi connectivity index (χ4v) is 4.90. The summed E-state index contributed by atoms with van der Waals surface area (Å²) in [4.78, 5) is 44.0. The second kappa shape index (κ2) is 10.4. The number of benzene rings is 2. The van der Waals surface area contributed by atoms with Crippen molar-refractivity contribution < 1.29 is 14.4 Å². The van der Waals surface area contributed by atoms with E-state index >= 15 is 0 Å². The number of halogens is 2. The molecule has 3 amide bonds. The van der Waals surface area contributed by atoms with Gasteiger partial charge < -0.3 is 20.0 Å². The fourth-order valence-electron chi connectivity index (χ4n) is 4.37. The average Bonchev–Trinajstić information content (AvgIpc) is 3.32. The quantitative estimate of drug-likeness (QED) is 0.701. The lowest BCUT2D eigenvalue weighted by Gasteiger charge is -2.36. The molecule has 0 saturated carbocycles. The van der Waals surface area contributed by atoms with Gasteiger partial charge in [0.2, 0.25) is 11.8 Å². The van der Waals surface area contributed by atoms with Gasteiger partial charge in [0.25, 0.3) is 5.91 Å². The Bertz CT molecular complexity index is 1010. The van der Waals surface area contributed by atoms with Gasteiger partial charge in [-0.1, -0.05) is 41.4 Å². The molecule has 2 aliphatic rings. The molecule has 2 heterocycles. The van der Waals surface area contributed by atoms with Crippen molar-refractivity contribution >= 4 is 46.6 Å². The third-order valence-electron chi connectivity index (χ3n) is 6.09. The number of piperazine rings is 1. The van der Waals surface area contributed by atoms with Crippen LogP contribution in [0.1, 0.15) is 23.2 Å². The minimum Gasteiger partial charge on any atom is -0.368 e. The molecule has 9 heteroatoms. The van der Waals surface area contributed by atoms with Crippen molar-refractivity contribution in [2.75, 3.05) is 44.2 Å². The van der Waals surface area contributed by atoms with Crippen molar-refractivity contribution in [3.05, 3.63) is 64.1 Å². The van der Waals surface area contributed by atoms with Gasteiger partial charge in [-0.05, 0) is 43.2 Å². The molecule has 0 aromatic heterocycles. The molecule has 1 unspecified atom stereocenters. The summed E-state index contributed by atoms with van der Waals surface area (Å²) in [6.07, 6.45) is 1.27. The standard InChI is InChI=1S/C24H26Cl2N4O3/c25-18-13-17(14-19(26)15-18)24(33)30-8-4-7-21(30)23(32)27-16-22(31)29-11-9-28(10-12-29)20-5-2-1-3-6-20/h1-3,5-6,13-15,21H,4,7-12,16H2,(H,27,32). The van der Waals surface area contributed by atoms with E-state index in [2.05, 4.69) is 22.3 Å². The van der Waals surface area contributed by atoms with Gasteiger partial charge in [0.1, 0.15) is 6.04 Å². The van der Waals surface area contributed by atoms with Gasteiger partial charge in [0, 0.05) is 54.0 Å². The molecule has 174 valence electrons. The van der Waals surface area contributed by atoms with Crippen LogP contribution in [0.4, 0.5) is 5.69 Å². The monoisotopic (exact) mass is 488 g/mol. The summed E-state index contributed by atoms with van der Waals surface area (Å²) in [5.41, 5.74) is 1.49. The molecule has 1 N–H and O–H groups in total. The molecule has 2 aliphatic heterocycles. The second-order valence-electron chi connectivity index (χ2n) is 8.24. The molecule has 1 atom stereocenters. The molecular formula is C24H26Cl2N4O3. The predicted octanol–water partition coefficient (Wildman–Crippen LogP) is 3.06. The zero-order valence-electron chi connectivity index (χ0n) is 18.2. The minimum atomic E-state index is -0.613. The number of hydrogen-bond acceptors (Lipinski definition) is 4. The van der Waals surface area contributed by atoms with Crippen molar-refractivity contribution in [3.63, 3.8) is 0 Å². The molecule has 4 rings (SSSR count). The van der Waals surface area contributed by atoms with Crippen molar-refractivity contribution in [2.24, 2.45) is 0 Å². The van der Waals surface area contributed by atoms with Gasteiger partial charge in [0.05, 0.1) is 6.54 Å². The Morgan fingerprint density at radius 3 is 2.24 bits per heavy atom. The van der Waals surface area contributed by atoms with Crippen molar-refractivity contribution in [1.82, 2.24) is 15.1 Å². The van der Waals surface area contributed by atoms with E-state index in [0.717, 1.165) is 18.8 Å². The molecule has 2 aromatic carbocycles. The Hall–Kier alpha value is -2.77. The van der Waals surface area contributed by atoms with E-state index in [1.807, 2.05) is 18.2 Å². The summed E-state index contributed by atoms with van der Waals surface area (Å²) in [6, 6.07) is 14.1. The number of nitrogens with zero attached hydrogens (tertiary/aromatic N) is 3. The fraction of sp³-hybridized carbons (Fsp3) is 0.375. The molecule has 2 fully saturated rings. The Balaban J connectivity index is 1.29. The van der Waals surface area contributed by atoms with E-state index < -0.39 is 6.04 Å². The van der Waals surface area contributed by atoms with E-state index in [1.54, 1.807) is 23.1 Å². The number of carbonyl (C=O) groups excluding carboxylic acids is 3. The third-order valence-corrected chi connectivity index (χ3v) is 6.53. The first kappa shape index (κ1) is 23.4. The van der Waals surface area contributed by atoms with Crippen LogP contribution in [0.5, 0.6) is 0 Å². The number of para-hydroxylation sites is 1. The SMILES string of the molecule is O=C(NCC(=O)N1CCN(c2ccccc2)CC1)C1CCCN1C(=O)c1cc(Cl)cc(Cl)c1. The summed E-state index contributed by atoms with van der Waals surface area (Å²) in [5.74, 6) is -0.723. The Morgan fingerprint density at radius 1 is 0.909 bits per heavy atom. The largest absolute Gasteiger partial charge is 0.368 e. The van der Waals surface area contributed by atoms with Crippen molar-refractivity contribution in [3.8, 4) is 0 Å². The first-order valence-corrected chi connectivity index (χ1v) is 11.8. The number of rotatable bonds is 5. The van der Waals surface area contributed by atoms with Crippen molar-refractivity contribution in [1.29, 1.82) is 0 Å². The van der Waals surface area contributed by atoms with Crippen LogP contribution >= 0.6 is 23.2 Å². The summed E-state index contributed by atoms with van der Waals surface area (Å²) in [7, 11) is 0. The van der Waals surface area contributed by atoms with Crippen LogP contribution < -0.4 is 10.2 Å². The smallest absolute Gasteiger partial charge is 0.254 e. The van der Waals surface area contributed by atoms with E-state index in [4.69, 9.17) is 23.2 Å². The average molecular weight is 489 g/mol. The van der Waals surface area contributed by atoms with Crippen molar-refractivity contribution in [2.45, 2.75) is 18.9 Å². The van der Waals surface area contributed by atoms with E-state index in [9.17, 15) is 14.4 Å². The van der Waals surface area contributed by atoms with Crippen LogP contribution in [0.3, 0.4) is 0 Å². The number of carbonyl (C=O) groups is 3. The molecule has 0 radical (unpaired) electrons. The molecule has 0 aliphatic carbocycles. The zero-order valence-corrected chi connectivity index (χ0v) is 19.7. The lowest BCUT2D eigenvalue weighted by molar-refractivity contribution is -0.134. The summed E-state index contributed by atoms with van der Waals surface area (Å²) >= 11 is 12.0. The van der Waals surface area contributed by atoms with Gasteiger partial charge >= 0.3 is 0 Å². The highest BCUT2D eigenvalue weighted by atomic mass is 35.5. The van der Waals surface area contributed by atoms with E-state index in [1.165, 1.54) is 4.90 Å². The lowest BCUT2D eigenvalue weighted by atomic mass is 10.1. The molecule has 33 heavy (non-hydrogen) atoms. The maximum absolute atomic E-state index is 12.9. The highest BCUT2D eigenvalue weighted by molar-refractivity contribution is 6.35. The number of nitrogens with one attached hydrogen (secondary N) is 1. The first-order chi connectivity index (χ1) is 15.9. The van der Waals surface area contributed by atoms with Crippen LogP contribution in [0.2, 0.25) is 10.0 Å². The number of hydrogen-bond donors (Lipinski definition) is 1. The maximum atomic E-state index is 12.9. The molecule has 7 nitrogen and oxygen atoms in total. The van der Waals surface area contributed by atoms with Gasteiger partial charge in [0.15, 0.2) is 0 Å². The highest BCUT2D eigenvalue weighted by Gasteiger charge is 2.35. The molecular weight excluding hydrogens is 463 g/mol. The van der Waals surface area contributed by atoms with Crippen LogP contribution in [0.25, 0.3) is 0 Å². The van der Waals surface area contributed by atoms with Gasteiger partial charge in [-0.3, -0.25) is 14.4 Å². The van der Waals surface area contributed by atoms with Gasteiger partial charge in [-0.15, -0.1) is 0 Å². The Kier molecular flexibility index (Phi) is 7.40. The molecule has 0 spiro atoms. The van der Waals surface area contributed by atoms with Crippen LogP contribution in [0.15, 0.2) is 48.5 Å². The molecule has 2 saturated heterocycles. The molecule has 0 bridgehead atoms. The summed E-state index contributed by atoms with van der Waals surface area (Å²) in [6.45, 7) is 3.09. The normalized spacial score (nSPS) is 18.4. The van der Waals surface area contributed by atoms with Gasteiger partial charge in [-0.25, -0.2) is 0 Å². The minimum absolute atomic E-state index is 0.0777. The first-order valence-electron chi connectivity index (χ1n) is 11.0. The van der Waals surface area contributed by atoms with Crippen LogP contribution in [0, 0.1) is 0 Å². The summed E-state index contributed by atoms with van der Waals surface area (Å²) in [5, 5.41) is 3.46. The topological polar surface area (TPSA) is 73.0 Å². The number of likely N-dealkylation sites (tertiary alicyclic amines) is 1. The lowest BCUT2D eigenvalue weighted by Crippen LogP contribution is -2.53. The second-order valence-corrected chi connectivity index (χ2v) is 9.11. The predicted molar refractivity (Wildman–Crippen MR) is 129 cm³/mol. The molecule has 2 aromatic rings. The highest BCUT2D eigenvalue weighted by Crippen LogP contribution is 2.24. The summed E-state index contributed by atoms with van der Waals surface area (Å²) < 4.78 is 0. The number of anilines is 1.